The average molecular weight is 316 g/mol. The lowest BCUT2D eigenvalue weighted by atomic mass is 10.3. The van der Waals surface area contributed by atoms with E-state index in [4.69, 9.17) is 4.42 Å². The molecule has 1 aromatic heterocycles. The topological polar surface area (TPSA) is 99.4 Å². The van der Waals surface area contributed by atoms with Crippen molar-refractivity contribution in [2.75, 3.05) is 0 Å². The molecule has 0 amide bonds. The van der Waals surface area contributed by atoms with Gasteiger partial charge in [-0.1, -0.05) is 18.2 Å². The van der Waals surface area contributed by atoms with Gasteiger partial charge in [0.1, 0.15) is 5.58 Å². The molecule has 0 N–H and O–H groups in total. The monoisotopic (exact) mass is 316 g/mol. The number of hydrogen-bond donors (Lipinski definition) is 0. The molecule has 0 aliphatic carbocycles. The highest BCUT2D eigenvalue weighted by molar-refractivity contribution is 7.99. The van der Waals surface area contributed by atoms with Gasteiger partial charge in [0.25, 0.3) is 11.4 Å². The van der Waals surface area contributed by atoms with Crippen molar-refractivity contribution in [2.24, 2.45) is 0 Å². The summed E-state index contributed by atoms with van der Waals surface area (Å²) in [7, 11) is 0. The van der Waals surface area contributed by atoms with Gasteiger partial charge >= 0.3 is 0 Å². The number of non-ortho nitro benzene ring substituents is 1. The molecule has 22 heavy (non-hydrogen) atoms. The minimum atomic E-state index is -0.664. The molecule has 3 aromatic rings. The molecular weight excluding hydrogens is 308 g/mol. The predicted octanol–water partition coefficient (Wildman–Crippen LogP) is 4.40. The summed E-state index contributed by atoms with van der Waals surface area (Å²) in [6, 6.07) is 12.7. The lowest BCUT2D eigenvalue weighted by molar-refractivity contribution is -0.396. The van der Waals surface area contributed by atoms with Gasteiger partial charge in [-0.3, -0.25) is 20.2 Å². The Balaban J connectivity index is 2.00. The van der Waals surface area contributed by atoms with Crippen molar-refractivity contribution >= 4 is 34.1 Å². The van der Waals surface area contributed by atoms with Crippen molar-refractivity contribution < 1.29 is 14.3 Å². The first-order chi connectivity index (χ1) is 10.5. The van der Waals surface area contributed by atoms with Gasteiger partial charge < -0.3 is 4.42 Å². The van der Waals surface area contributed by atoms with Crippen LogP contribution in [0.15, 0.2) is 62.9 Å². The third kappa shape index (κ3) is 2.63. The zero-order valence-corrected chi connectivity index (χ0v) is 11.8. The largest absolute Gasteiger partial charge is 0.450 e. The fraction of sp³-hybridized carbons (Fsp3) is 0. The van der Waals surface area contributed by atoms with Crippen LogP contribution in [0.3, 0.4) is 0 Å². The lowest BCUT2D eigenvalue weighted by Gasteiger charge is -2.00. The number of fused-ring (bicyclic) bond motifs is 1. The molecule has 110 valence electrons. The summed E-state index contributed by atoms with van der Waals surface area (Å²) in [5.41, 5.74) is 0.0369. The number of benzene rings is 2. The van der Waals surface area contributed by atoms with E-state index in [1.807, 2.05) is 18.2 Å². The maximum absolute atomic E-state index is 11.1. The van der Waals surface area contributed by atoms with Gasteiger partial charge in [0.05, 0.1) is 20.8 Å². The summed E-state index contributed by atoms with van der Waals surface area (Å²) in [6.07, 6.45) is 0. The molecule has 0 unspecified atom stereocenters. The molecule has 0 fully saturated rings. The van der Waals surface area contributed by atoms with E-state index >= 15 is 0 Å². The minimum Gasteiger partial charge on any atom is -0.450 e. The summed E-state index contributed by atoms with van der Waals surface area (Å²) in [5, 5.41) is 23.2. The van der Waals surface area contributed by atoms with Crippen LogP contribution in [0.25, 0.3) is 11.0 Å². The van der Waals surface area contributed by atoms with E-state index in [0.717, 1.165) is 23.2 Å². The van der Waals surface area contributed by atoms with Crippen LogP contribution in [0.2, 0.25) is 0 Å². The Kier molecular flexibility index (Phi) is 3.51. The minimum absolute atomic E-state index is 0.287. The maximum atomic E-state index is 11.1. The summed E-state index contributed by atoms with van der Waals surface area (Å²) in [6.45, 7) is 0. The van der Waals surface area contributed by atoms with E-state index in [9.17, 15) is 20.2 Å². The smallest absolute Gasteiger partial charge is 0.290 e. The third-order valence-electron chi connectivity index (χ3n) is 2.96. The molecule has 0 radical (unpaired) electrons. The molecule has 0 spiro atoms. The summed E-state index contributed by atoms with van der Waals surface area (Å²) >= 11 is 1.06. The molecule has 3 rings (SSSR count). The Labute approximate surface area is 127 Å². The number of furan rings is 1. The Hall–Kier alpha value is -2.87. The fourth-order valence-corrected chi connectivity index (χ4v) is 2.87. The van der Waals surface area contributed by atoms with Gasteiger partial charge in [-0.05, 0) is 30.0 Å². The van der Waals surface area contributed by atoms with Crippen molar-refractivity contribution in [3.8, 4) is 0 Å². The molecule has 0 aliphatic rings. The molecule has 0 aliphatic heterocycles. The lowest BCUT2D eigenvalue weighted by Crippen LogP contribution is -1.94. The third-order valence-corrected chi connectivity index (χ3v) is 3.93. The molecular formula is C14H8N2O5S. The molecule has 0 saturated carbocycles. The summed E-state index contributed by atoms with van der Waals surface area (Å²) < 4.78 is 5.59. The highest BCUT2D eigenvalue weighted by Gasteiger charge is 2.21. The molecule has 8 heteroatoms. The Bertz CT molecular complexity index is 857. The molecule has 0 atom stereocenters. The zero-order valence-electron chi connectivity index (χ0n) is 11.0. The van der Waals surface area contributed by atoms with Gasteiger partial charge in [0.15, 0.2) is 5.09 Å². The maximum Gasteiger partial charge on any atom is 0.290 e. The van der Waals surface area contributed by atoms with Crippen molar-refractivity contribution in [3.05, 3.63) is 68.8 Å². The van der Waals surface area contributed by atoms with Crippen LogP contribution in [0.4, 0.5) is 11.4 Å². The van der Waals surface area contributed by atoms with E-state index in [1.165, 1.54) is 12.1 Å². The first-order valence-corrected chi connectivity index (χ1v) is 6.95. The van der Waals surface area contributed by atoms with Crippen molar-refractivity contribution in [2.45, 2.75) is 9.99 Å². The van der Waals surface area contributed by atoms with Crippen LogP contribution in [-0.4, -0.2) is 9.85 Å². The zero-order chi connectivity index (χ0) is 15.7. The molecule has 2 aromatic carbocycles. The molecule has 0 bridgehead atoms. The van der Waals surface area contributed by atoms with Gasteiger partial charge in [-0.2, -0.15) is 0 Å². The van der Waals surface area contributed by atoms with Gasteiger partial charge in [0, 0.05) is 11.5 Å². The van der Waals surface area contributed by atoms with E-state index in [-0.39, 0.29) is 16.3 Å². The standard InChI is InChI=1S/C14H8N2O5S/c17-15(18)10-5-6-13(11(8-10)16(19)20)22-14-7-9-3-1-2-4-12(9)21-14/h1-8H. The van der Waals surface area contributed by atoms with Crippen molar-refractivity contribution in [1.29, 1.82) is 0 Å². The first-order valence-electron chi connectivity index (χ1n) is 6.14. The second kappa shape index (κ2) is 5.49. The highest BCUT2D eigenvalue weighted by atomic mass is 32.2. The summed E-state index contributed by atoms with van der Waals surface area (Å²) in [5.74, 6) is 0. The number of nitro groups is 2. The van der Waals surface area contributed by atoms with Crippen LogP contribution < -0.4 is 0 Å². The first kappa shape index (κ1) is 14.1. The quantitative estimate of drug-likeness (QED) is 0.522. The van der Waals surface area contributed by atoms with Crippen LogP contribution >= 0.6 is 11.8 Å². The van der Waals surface area contributed by atoms with E-state index in [0.29, 0.717) is 10.7 Å². The van der Waals surface area contributed by atoms with Crippen LogP contribution in [0, 0.1) is 20.2 Å². The Morgan fingerprint density at radius 2 is 1.73 bits per heavy atom. The van der Waals surface area contributed by atoms with E-state index in [1.54, 1.807) is 12.1 Å². The van der Waals surface area contributed by atoms with Gasteiger partial charge in [-0.15, -0.1) is 0 Å². The normalized spacial score (nSPS) is 10.7. The van der Waals surface area contributed by atoms with Crippen LogP contribution in [-0.2, 0) is 0 Å². The highest BCUT2D eigenvalue weighted by Crippen LogP contribution is 2.38. The SMILES string of the molecule is O=[N+]([O-])c1ccc(Sc2cc3ccccc3o2)c([N+](=O)[O-])c1. The predicted molar refractivity (Wildman–Crippen MR) is 80.1 cm³/mol. The Morgan fingerprint density at radius 1 is 0.955 bits per heavy atom. The summed E-state index contributed by atoms with van der Waals surface area (Å²) in [4.78, 5) is 20.8. The van der Waals surface area contributed by atoms with Crippen LogP contribution in [0.5, 0.6) is 0 Å². The molecule has 1 heterocycles. The number of nitro benzene ring substituents is 2. The average Bonchev–Trinajstić information content (AvgIpc) is 2.89. The van der Waals surface area contributed by atoms with Crippen molar-refractivity contribution in [1.82, 2.24) is 0 Å². The number of hydrogen-bond acceptors (Lipinski definition) is 6. The van der Waals surface area contributed by atoms with Gasteiger partial charge in [0.2, 0.25) is 0 Å². The van der Waals surface area contributed by atoms with E-state index in [2.05, 4.69) is 0 Å². The Morgan fingerprint density at radius 3 is 2.41 bits per heavy atom. The fourth-order valence-electron chi connectivity index (χ4n) is 1.96. The van der Waals surface area contributed by atoms with E-state index < -0.39 is 9.85 Å². The number of para-hydroxylation sites is 1. The second-order valence-corrected chi connectivity index (χ2v) is 5.42. The number of nitrogens with zero attached hydrogens (tertiary/aromatic N) is 2. The molecule has 7 nitrogen and oxygen atoms in total. The van der Waals surface area contributed by atoms with Crippen molar-refractivity contribution in [3.63, 3.8) is 0 Å². The van der Waals surface area contributed by atoms with Gasteiger partial charge in [-0.25, -0.2) is 0 Å². The second-order valence-electron chi connectivity index (χ2n) is 4.37. The molecule has 0 saturated heterocycles. The van der Waals surface area contributed by atoms with Crippen LogP contribution in [0.1, 0.15) is 0 Å². The number of rotatable bonds is 4.